The number of hydrogen-bond acceptors (Lipinski definition) is 3. The molecule has 0 saturated heterocycles. The summed E-state index contributed by atoms with van der Waals surface area (Å²) < 4.78 is 10.6. The minimum absolute atomic E-state index is 0. The number of pyridine rings is 2. The number of fused-ring (bicyclic) bond motifs is 12. The molecule has 0 aliphatic carbocycles. The first-order chi connectivity index (χ1) is 15.9. The SMILES string of the molecule is O.O.[Br-].[Br-].c1ccc2c(c1)c1cc[n+]2CCOCC[n+]2ccc(c3ccccc32)NCCCCCN1. The molecular formula is C27H36Br2N4O3. The smallest absolute Gasteiger partial charge is 0.214 e. The van der Waals surface area contributed by atoms with Crippen molar-refractivity contribution in [1.29, 1.82) is 0 Å². The summed E-state index contributed by atoms with van der Waals surface area (Å²) in [5, 5.41) is 9.85. The summed E-state index contributed by atoms with van der Waals surface area (Å²) >= 11 is 0. The molecule has 6 rings (SSSR count). The number of anilines is 2. The van der Waals surface area contributed by atoms with Crippen molar-refractivity contribution in [3.8, 4) is 0 Å². The van der Waals surface area contributed by atoms with Crippen molar-refractivity contribution in [3.05, 3.63) is 73.1 Å². The molecule has 0 radical (unpaired) electrons. The van der Waals surface area contributed by atoms with Crippen molar-refractivity contribution < 1.29 is 58.8 Å². The molecule has 0 unspecified atom stereocenters. The number of halogens is 2. The monoisotopic (exact) mass is 622 g/mol. The number of aromatic nitrogens is 2. The summed E-state index contributed by atoms with van der Waals surface area (Å²) in [4.78, 5) is 0. The van der Waals surface area contributed by atoms with Gasteiger partial charge in [-0.25, -0.2) is 0 Å². The molecule has 4 aromatic rings. The Hall–Kier alpha value is -2.30. The van der Waals surface area contributed by atoms with Crippen molar-refractivity contribution in [3.63, 3.8) is 0 Å². The van der Waals surface area contributed by atoms with Gasteiger partial charge in [0.15, 0.2) is 25.5 Å². The molecule has 4 bridgehead atoms. The van der Waals surface area contributed by atoms with Crippen LogP contribution in [0.3, 0.4) is 0 Å². The molecule has 7 nitrogen and oxygen atoms in total. The molecule has 2 aromatic heterocycles. The van der Waals surface area contributed by atoms with Gasteiger partial charge in [-0.15, -0.1) is 0 Å². The van der Waals surface area contributed by atoms with Crippen LogP contribution in [0.15, 0.2) is 73.1 Å². The van der Waals surface area contributed by atoms with E-state index in [0.717, 1.165) is 39.0 Å². The van der Waals surface area contributed by atoms with E-state index >= 15 is 0 Å². The Balaban J connectivity index is 0.00000162. The van der Waals surface area contributed by atoms with Crippen molar-refractivity contribution >= 4 is 33.2 Å². The van der Waals surface area contributed by atoms with Crippen LogP contribution in [0.1, 0.15) is 19.3 Å². The number of para-hydroxylation sites is 2. The van der Waals surface area contributed by atoms with E-state index in [9.17, 15) is 0 Å². The molecule has 0 spiro atoms. The van der Waals surface area contributed by atoms with E-state index in [1.807, 2.05) is 0 Å². The second-order valence-corrected chi connectivity index (χ2v) is 8.41. The van der Waals surface area contributed by atoms with Crippen LogP contribution in [0, 0.1) is 0 Å². The number of nitrogens with zero attached hydrogens (tertiary/aromatic N) is 2. The maximum absolute atomic E-state index is 6.05. The Bertz CT molecular complexity index is 1130. The lowest BCUT2D eigenvalue weighted by molar-refractivity contribution is -0.680. The Labute approximate surface area is 233 Å². The molecule has 0 saturated carbocycles. The summed E-state index contributed by atoms with van der Waals surface area (Å²) in [6.07, 6.45) is 7.88. The van der Waals surface area contributed by atoms with E-state index in [-0.39, 0.29) is 44.9 Å². The van der Waals surface area contributed by atoms with Gasteiger partial charge in [-0.05, 0) is 31.4 Å². The van der Waals surface area contributed by atoms with Gasteiger partial charge in [0.25, 0.3) is 0 Å². The van der Waals surface area contributed by atoms with E-state index in [4.69, 9.17) is 4.74 Å². The summed E-state index contributed by atoms with van der Waals surface area (Å²) in [5.41, 5.74) is 4.92. The zero-order valence-electron chi connectivity index (χ0n) is 20.4. The van der Waals surface area contributed by atoms with E-state index in [0.29, 0.717) is 13.2 Å². The number of nitrogens with one attached hydrogen (secondary N) is 2. The molecule has 4 heterocycles. The van der Waals surface area contributed by atoms with Gasteiger partial charge in [-0.1, -0.05) is 24.3 Å². The lowest BCUT2D eigenvalue weighted by Crippen LogP contribution is -3.00. The highest BCUT2D eigenvalue weighted by Crippen LogP contribution is 2.21. The predicted octanol–water partition coefficient (Wildman–Crippen LogP) is -3.35. The fourth-order valence-corrected chi connectivity index (χ4v) is 4.57. The van der Waals surface area contributed by atoms with Crippen LogP contribution in [-0.4, -0.2) is 37.3 Å². The Kier molecular flexibility index (Phi) is 13.9. The fourth-order valence-electron chi connectivity index (χ4n) is 4.57. The average Bonchev–Trinajstić information content (AvgIpc) is 2.84. The second kappa shape index (κ2) is 15.7. The Morgan fingerprint density at radius 2 is 1.03 bits per heavy atom. The van der Waals surface area contributed by atoms with Crippen molar-refractivity contribution in [2.75, 3.05) is 36.9 Å². The molecule has 0 fully saturated rings. The van der Waals surface area contributed by atoms with Gasteiger partial charge in [0, 0.05) is 37.4 Å². The summed E-state index contributed by atoms with van der Waals surface area (Å²) in [5.74, 6) is 0. The third-order valence-corrected chi connectivity index (χ3v) is 6.29. The summed E-state index contributed by atoms with van der Waals surface area (Å²) in [6, 6.07) is 21.7. The summed E-state index contributed by atoms with van der Waals surface area (Å²) in [6.45, 7) is 5.06. The third-order valence-electron chi connectivity index (χ3n) is 6.29. The van der Waals surface area contributed by atoms with Crippen LogP contribution in [0.2, 0.25) is 0 Å². The van der Waals surface area contributed by atoms with Gasteiger partial charge < -0.3 is 60.3 Å². The van der Waals surface area contributed by atoms with Gasteiger partial charge in [0.2, 0.25) is 11.0 Å². The van der Waals surface area contributed by atoms with E-state index in [2.05, 4.69) is 92.8 Å². The average molecular weight is 624 g/mol. The van der Waals surface area contributed by atoms with Gasteiger partial charge in [0.05, 0.1) is 22.1 Å². The van der Waals surface area contributed by atoms with Gasteiger partial charge >= 0.3 is 0 Å². The molecule has 2 aromatic carbocycles. The van der Waals surface area contributed by atoms with Gasteiger partial charge in [0.1, 0.15) is 13.2 Å². The first-order valence-electron chi connectivity index (χ1n) is 11.8. The van der Waals surface area contributed by atoms with Crippen molar-refractivity contribution in [1.82, 2.24) is 0 Å². The summed E-state index contributed by atoms with van der Waals surface area (Å²) in [7, 11) is 0. The molecule has 6 N–H and O–H groups in total. The highest BCUT2D eigenvalue weighted by Gasteiger charge is 2.14. The van der Waals surface area contributed by atoms with Crippen LogP contribution in [0.4, 0.5) is 11.4 Å². The van der Waals surface area contributed by atoms with Gasteiger partial charge in [-0.2, -0.15) is 9.13 Å². The quantitative estimate of drug-likeness (QED) is 0.200. The van der Waals surface area contributed by atoms with Crippen molar-refractivity contribution in [2.45, 2.75) is 32.4 Å². The predicted molar refractivity (Wildman–Crippen MR) is 137 cm³/mol. The normalized spacial score (nSPS) is 14.2. The molecule has 0 atom stereocenters. The highest BCUT2D eigenvalue weighted by atomic mass is 79.9. The number of hydrogen-bond donors (Lipinski definition) is 2. The van der Waals surface area contributed by atoms with Crippen molar-refractivity contribution in [2.24, 2.45) is 0 Å². The van der Waals surface area contributed by atoms with Crippen LogP contribution < -0.4 is 53.7 Å². The minimum Gasteiger partial charge on any atom is -1.00 e. The molecule has 196 valence electrons. The van der Waals surface area contributed by atoms with Crippen LogP contribution in [0.25, 0.3) is 21.8 Å². The third kappa shape index (κ3) is 7.36. The minimum atomic E-state index is 0. The Morgan fingerprint density at radius 1 is 0.583 bits per heavy atom. The molecule has 0 amide bonds. The second-order valence-electron chi connectivity index (χ2n) is 8.41. The van der Waals surface area contributed by atoms with Crippen LogP contribution in [-0.2, 0) is 17.8 Å². The van der Waals surface area contributed by atoms with Gasteiger partial charge in [-0.3, -0.25) is 0 Å². The molecular weight excluding hydrogens is 588 g/mol. The fraction of sp³-hybridized carbons (Fsp3) is 0.333. The standard InChI is InChI=1S/C27H30N4O.2BrH.2H2O/c1-6-14-28-24-12-16-30(26-10-4-2-8-22(24)26)18-20-32-21-19-31-17-13-25(29-15-7-1)23-9-3-5-11-27(23)31;;;;/h2-5,8-13,16-17H,1,6-7,14-15,18-21H2;2*1H;2*1H2. The Morgan fingerprint density at radius 3 is 1.50 bits per heavy atom. The largest absolute Gasteiger partial charge is 1.00 e. The lowest BCUT2D eigenvalue weighted by Gasteiger charge is -2.12. The first kappa shape index (κ1) is 31.7. The number of ether oxygens (including phenoxy) is 1. The number of benzene rings is 2. The number of rotatable bonds is 0. The molecule has 2 aliphatic rings. The van der Waals surface area contributed by atoms with Crippen LogP contribution >= 0.6 is 0 Å². The first-order valence-corrected chi connectivity index (χ1v) is 11.8. The maximum Gasteiger partial charge on any atom is 0.214 e. The highest BCUT2D eigenvalue weighted by molar-refractivity contribution is 5.89. The molecule has 36 heavy (non-hydrogen) atoms. The van der Waals surface area contributed by atoms with Crippen LogP contribution in [0.5, 0.6) is 0 Å². The van der Waals surface area contributed by atoms with E-state index in [1.165, 1.54) is 39.6 Å². The maximum atomic E-state index is 6.05. The lowest BCUT2D eigenvalue weighted by atomic mass is 10.1. The van der Waals surface area contributed by atoms with E-state index < -0.39 is 0 Å². The molecule has 9 heteroatoms. The topological polar surface area (TPSA) is 104 Å². The zero-order chi connectivity index (χ0) is 21.6. The van der Waals surface area contributed by atoms with E-state index in [1.54, 1.807) is 0 Å². The zero-order valence-corrected chi connectivity index (χ0v) is 23.5. The molecule has 2 aliphatic heterocycles.